The topological polar surface area (TPSA) is 88.3 Å². The Morgan fingerprint density at radius 3 is 2.38 bits per heavy atom. The van der Waals surface area contributed by atoms with Gasteiger partial charge in [0.2, 0.25) is 18.2 Å². The Morgan fingerprint density at radius 1 is 1.12 bits per heavy atom. The van der Waals surface area contributed by atoms with Crippen molar-refractivity contribution in [3.05, 3.63) is 0 Å². The summed E-state index contributed by atoms with van der Waals surface area (Å²) in [4.78, 5) is 41.7. The van der Waals surface area contributed by atoms with Gasteiger partial charge in [-0.1, -0.05) is 0 Å². The molecule has 0 spiro atoms. The van der Waals surface area contributed by atoms with E-state index in [4.69, 9.17) is 0 Å². The maximum absolute atomic E-state index is 10.3. The van der Waals surface area contributed by atoms with Gasteiger partial charge >= 0.3 is 0 Å². The lowest BCUT2D eigenvalue weighted by Crippen LogP contribution is -2.43. The summed E-state index contributed by atoms with van der Waals surface area (Å²) < 4.78 is 0. The number of nitrogens with zero attached hydrogens (tertiary/aromatic N) is 3. The van der Waals surface area contributed by atoms with E-state index in [-0.39, 0.29) is 6.04 Å². The van der Waals surface area contributed by atoms with Crippen molar-refractivity contribution in [1.82, 2.24) is 0 Å². The van der Waals surface area contributed by atoms with Gasteiger partial charge in [-0.3, -0.25) is 0 Å². The van der Waals surface area contributed by atoms with Crippen molar-refractivity contribution < 1.29 is 14.4 Å². The molecule has 6 heteroatoms. The maximum atomic E-state index is 10.3. The molecule has 0 saturated heterocycles. The molecular formula is C10H11N3O3. The largest absolute Gasteiger partial charge is 0.235 e. The van der Waals surface area contributed by atoms with E-state index in [0.717, 1.165) is 0 Å². The molecule has 1 aliphatic rings. The van der Waals surface area contributed by atoms with Gasteiger partial charge in [-0.2, -0.15) is 9.98 Å². The van der Waals surface area contributed by atoms with Gasteiger partial charge in [0.05, 0.1) is 17.6 Å². The summed E-state index contributed by atoms with van der Waals surface area (Å²) in [5.41, 5.74) is -0.742. The van der Waals surface area contributed by atoms with Crippen molar-refractivity contribution in [3.8, 4) is 0 Å². The van der Waals surface area contributed by atoms with Crippen LogP contribution in [0.25, 0.3) is 0 Å². The van der Waals surface area contributed by atoms with Crippen LogP contribution in [0.15, 0.2) is 15.0 Å². The van der Waals surface area contributed by atoms with E-state index in [9.17, 15) is 14.4 Å². The molecule has 6 nitrogen and oxygen atoms in total. The molecule has 0 heterocycles. The van der Waals surface area contributed by atoms with E-state index >= 15 is 0 Å². The smallest absolute Gasteiger partial charge is 0.211 e. The van der Waals surface area contributed by atoms with Crippen LogP contribution >= 0.6 is 0 Å². The molecule has 3 atom stereocenters. The third kappa shape index (κ3) is 2.59. The summed E-state index contributed by atoms with van der Waals surface area (Å²) in [6.45, 7) is 1.73. The standard InChI is InChI=1S/C10H11N3O3/c1-10(13-7-16)3-2-8(11-5-14)4-9(10)12-6-15/h8-9H,2-4H2,1H3. The Kier molecular flexibility index (Phi) is 4.03. The molecule has 0 aromatic heterocycles. The molecule has 0 aromatic rings. The summed E-state index contributed by atoms with van der Waals surface area (Å²) in [5, 5.41) is 0. The van der Waals surface area contributed by atoms with Crippen LogP contribution in [-0.4, -0.2) is 35.9 Å². The molecule has 84 valence electrons. The van der Waals surface area contributed by atoms with E-state index in [1.165, 1.54) is 18.2 Å². The van der Waals surface area contributed by atoms with E-state index in [1.54, 1.807) is 6.92 Å². The zero-order chi connectivity index (χ0) is 12.0. The lowest BCUT2D eigenvalue weighted by molar-refractivity contribution is 0.256. The molecule has 0 N–H and O–H groups in total. The first-order valence-electron chi connectivity index (χ1n) is 4.89. The fourth-order valence-electron chi connectivity index (χ4n) is 1.94. The first kappa shape index (κ1) is 12.2. The summed E-state index contributed by atoms with van der Waals surface area (Å²) in [6, 6.07) is -0.697. The molecule has 1 fully saturated rings. The highest BCUT2D eigenvalue weighted by atomic mass is 16.1. The molecule has 0 aliphatic heterocycles. The predicted octanol–water partition coefficient (Wildman–Crippen LogP) is 0.674. The minimum atomic E-state index is -0.742. The van der Waals surface area contributed by atoms with Crippen LogP contribution in [0.1, 0.15) is 26.2 Å². The molecule has 3 unspecified atom stereocenters. The number of hydrogen-bond acceptors (Lipinski definition) is 6. The van der Waals surface area contributed by atoms with Crippen molar-refractivity contribution >= 4 is 18.2 Å². The van der Waals surface area contributed by atoms with Crippen LogP contribution in [0.5, 0.6) is 0 Å². The maximum Gasteiger partial charge on any atom is 0.235 e. The third-order valence-corrected chi connectivity index (χ3v) is 2.94. The summed E-state index contributed by atoms with van der Waals surface area (Å²) in [7, 11) is 0. The second-order valence-electron chi connectivity index (χ2n) is 3.95. The van der Waals surface area contributed by atoms with Crippen LogP contribution in [-0.2, 0) is 14.4 Å². The van der Waals surface area contributed by atoms with Crippen molar-refractivity contribution in [1.29, 1.82) is 0 Å². The van der Waals surface area contributed by atoms with Gasteiger partial charge in [-0.15, -0.1) is 0 Å². The number of hydrogen-bond donors (Lipinski definition) is 0. The predicted molar refractivity (Wildman–Crippen MR) is 54.2 cm³/mol. The van der Waals surface area contributed by atoms with Gasteiger partial charge in [0.25, 0.3) is 0 Å². The highest BCUT2D eigenvalue weighted by Crippen LogP contribution is 2.34. The van der Waals surface area contributed by atoms with Crippen molar-refractivity contribution in [3.63, 3.8) is 0 Å². The van der Waals surface area contributed by atoms with Crippen LogP contribution in [0.3, 0.4) is 0 Å². The Labute approximate surface area is 92.2 Å². The van der Waals surface area contributed by atoms with E-state index in [2.05, 4.69) is 15.0 Å². The Hall–Kier alpha value is -1.86. The number of rotatable bonds is 3. The summed E-state index contributed by atoms with van der Waals surface area (Å²) in [6.07, 6.45) is 5.96. The second-order valence-corrected chi connectivity index (χ2v) is 3.95. The first-order chi connectivity index (χ1) is 7.66. The van der Waals surface area contributed by atoms with Crippen LogP contribution in [0.4, 0.5) is 0 Å². The monoisotopic (exact) mass is 221 g/mol. The number of aliphatic imine (C=N–C) groups is 3. The molecule has 0 aromatic carbocycles. The zero-order valence-corrected chi connectivity index (χ0v) is 8.84. The number of carbonyl (C=O) groups excluding carboxylic acids is 3. The van der Waals surface area contributed by atoms with Crippen molar-refractivity contribution in [2.45, 2.75) is 43.8 Å². The van der Waals surface area contributed by atoms with Gasteiger partial charge in [-0.25, -0.2) is 19.4 Å². The summed E-state index contributed by atoms with van der Waals surface area (Å²) >= 11 is 0. The van der Waals surface area contributed by atoms with Crippen LogP contribution in [0, 0.1) is 0 Å². The van der Waals surface area contributed by atoms with Gasteiger partial charge in [0.15, 0.2) is 0 Å². The molecule has 1 aliphatic carbocycles. The van der Waals surface area contributed by atoms with E-state index < -0.39 is 11.6 Å². The average molecular weight is 221 g/mol. The second kappa shape index (κ2) is 5.29. The molecule has 1 rings (SSSR count). The van der Waals surface area contributed by atoms with Gasteiger partial charge in [-0.05, 0) is 26.2 Å². The highest BCUT2D eigenvalue weighted by Gasteiger charge is 2.40. The third-order valence-electron chi connectivity index (χ3n) is 2.94. The van der Waals surface area contributed by atoms with Crippen molar-refractivity contribution in [2.24, 2.45) is 15.0 Å². The number of isocyanates is 3. The van der Waals surface area contributed by atoms with Gasteiger partial charge in [0, 0.05) is 0 Å². The first-order valence-corrected chi connectivity index (χ1v) is 4.89. The fourth-order valence-corrected chi connectivity index (χ4v) is 1.94. The Bertz CT molecular complexity index is 404. The fraction of sp³-hybridized carbons (Fsp3) is 0.700. The lowest BCUT2D eigenvalue weighted by Gasteiger charge is -2.35. The summed E-state index contributed by atoms with van der Waals surface area (Å²) in [5.74, 6) is 0. The van der Waals surface area contributed by atoms with Gasteiger partial charge in [0.1, 0.15) is 0 Å². The lowest BCUT2D eigenvalue weighted by atomic mass is 9.77. The Balaban J connectivity index is 2.94. The average Bonchev–Trinajstić information content (AvgIpc) is 2.25. The zero-order valence-electron chi connectivity index (χ0n) is 8.84. The molecular weight excluding hydrogens is 210 g/mol. The van der Waals surface area contributed by atoms with Gasteiger partial charge < -0.3 is 0 Å². The molecule has 1 saturated carbocycles. The molecule has 0 amide bonds. The molecule has 0 radical (unpaired) electrons. The quantitative estimate of drug-likeness (QED) is 0.518. The minimum Gasteiger partial charge on any atom is -0.211 e. The van der Waals surface area contributed by atoms with Crippen molar-refractivity contribution in [2.75, 3.05) is 0 Å². The minimum absolute atomic E-state index is 0.213. The van der Waals surface area contributed by atoms with E-state index in [1.807, 2.05) is 0 Å². The SMILES string of the molecule is CC1(N=C=O)CCC(N=C=O)CC1N=C=O. The highest BCUT2D eigenvalue weighted by molar-refractivity contribution is 5.38. The molecule has 0 bridgehead atoms. The van der Waals surface area contributed by atoms with Crippen LogP contribution < -0.4 is 0 Å². The molecule has 16 heavy (non-hydrogen) atoms. The van der Waals surface area contributed by atoms with Crippen LogP contribution in [0.2, 0.25) is 0 Å². The Morgan fingerprint density at radius 2 is 1.81 bits per heavy atom. The normalized spacial score (nSPS) is 32.8. The van der Waals surface area contributed by atoms with E-state index in [0.29, 0.717) is 19.3 Å².